The highest BCUT2D eigenvalue weighted by atomic mass is 16.5. The van der Waals surface area contributed by atoms with Gasteiger partial charge in [-0.05, 0) is 12.8 Å². The van der Waals surface area contributed by atoms with E-state index in [1.54, 1.807) is 0 Å². The van der Waals surface area contributed by atoms with Crippen molar-refractivity contribution >= 4 is 5.97 Å². The van der Waals surface area contributed by atoms with Crippen molar-refractivity contribution in [1.82, 2.24) is 0 Å². The molecule has 0 unspecified atom stereocenters. The standard InChI is InChI=1S/C7H14O2.CH4/c1-3-5-7(8)9-6-4-2;/h3-6H2,1-2H3;1H4. The summed E-state index contributed by atoms with van der Waals surface area (Å²) in [4.78, 5) is 10.6. The molecule has 2 heteroatoms. The SMILES string of the molecule is C.CCCOC(=O)CCC. The minimum Gasteiger partial charge on any atom is -0.466 e. The minimum absolute atomic E-state index is 0. The van der Waals surface area contributed by atoms with Gasteiger partial charge in [0.25, 0.3) is 0 Å². The quantitative estimate of drug-likeness (QED) is 0.569. The van der Waals surface area contributed by atoms with E-state index in [0.717, 1.165) is 12.8 Å². The molecule has 0 amide bonds. The Morgan fingerprint density at radius 3 is 2.30 bits per heavy atom. The van der Waals surface area contributed by atoms with Crippen molar-refractivity contribution in [2.75, 3.05) is 6.61 Å². The Labute approximate surface area is 63.6 Å². The number of hydrogen-bond acceptors (Lipinski definition) is 2. The molecule has 0 saturated heterocycles. The molecule has 0 N–H and O–H groups in total. The van der Waals surface area contributed by atoms with Gasteiger partial charge in [-0.1, -0.05) is 21.3 Å². The molecular formula is C8H18O2. The van der Waals surface area contributed by atoms with Gasteiger partial charge >= 0.3 is 5.97 Å². The van der Waals surface area contributed by atoms with E-state index in [1.165, 1.54) is 0 Å². The molecule has 0 aromatic rings. The highest BCUT2D eigenvalue weighted by Crippen LogP contribution is 1.91. The third-order valence-corrected chi connectivity index (χ3v) is 0.921. The van der Waals surface area contributed by atoms with Gasteiger partial charge in [-0.25, -0.2) is 0 Å². The van der Waals surface area contributed by atoms with E-state index in [4.69, 9.17) is 4.74 Å². The molecule has 0 aliphatic heterocycles. The first-order valence-corrected chi connectivity index (χ1v) is 3.46. The molecule has 0 fully saturated rings. The summed E-state index contributed by atoms with van der Waals surface area (Å²) in [6, 6.07) is 0. The lowest BCUT2D eigenvalue weighted by molar-refractivity contribution is -0.143. The second kappa shape index (κ2) is 8.47. The minimum atomic E-state index is -0.0700. The summed E-state index contributed by atoms with van der Waals surface area (Å²) in [6.07, 6.45) is 2.35. The van der Waals surface area contributed by atoms with Crippen molar-refractivity contribution in [2.45, 2.75) is 40.5 Å². The van der Waals surface area contributed by atoms with E-state index in [1.807, 2.05) is 13.8 Å². The average molecular weight is 146 g/mol. The predicted octanol–water partition coefficient (Wildman–Crippen LogP) is 2.38. The number of hydrogen-bond donors (Lipinski definition) is 0. The van der Waals surface area contributed by atoms with Gasteiger partial charge in [-0.15, -0.1) is 0 Å². The normalized spacial score (nSPS) is 8.20. The maximum absolute atomic E-state index is 10.6. The van der Waals surface area contributed by atoms with Crippen LogP contribution in [0.25, 0.3) is 0 Å². The fourth-order valence-electron chi connectivity index (χ4n) is 0.492. The first-order valence-electron chi connectivity index (χ1n) is 3.46. The Balaban J connectivity index is 0. The number of carbonyl (C=O) groups excluding carboxylic acids is 1. The summed E-state index contributed by atoms with van der Waals surface area (Å²) >= 11 is 0. The molecule has 0 atom stereocenters. The first kappa shape index (κ1) is 12.2. The van der Waals surface area contributed by atoms with Gasteiger partial charge in [0, 0.05) is 6.42 Å². The average Bonchev–Trinajstić information content (AvgIpc) is 1.85. The van der Waals surface area contributed by atoms with Crippen LogP contribution in [0.4, 0.5) is 0 Å². The van der Waals surface area contributed by atoms with Gasteiger partial charge in [-0.2, -0.15) is 0 Å². The summed E-state index contributed by atoms with van der Waals surface area (Å²) < 4.78 is 4.79. The Hall–Kier alpha value is -0.530. The highest BCUT2D eigenvalue weighted by Gasteiger charge is 1.96. The van der Waals surface area contributed by atoms with Gasteiger partial charge in [0.05, 0.1) is 6.61 Å². The van der Waals surface area contributed by atoms with Crippen LogP contribution in [0.15, 0.2) is 0 Å². The van der Waals surface area contributed by atoms with Crippen molar-refractivity contribution < 1.29 is 9.53 Å². The van der Waals surface area contributed by atoms with Crippen LogP contribution in [0, 0.1) is 0 Å². The number of carbonyl (C=O) groups is 1. The lowest BCUT2D eigenvalue weighted by Gasteiger charge is -1.99. The van der Waals surface area contributed by atoms with Crippen LogP contribution >= 0.6 is 0 Å². The van der Waals surface area contributed by atoms with Crippen LogP contribution in [0.1, 0.15) is 40.5 Å². The fourth-order valence-corrected chi connectivity index (χ4v) is 0.492. The molecule has 10 heavy (non-hydrogen) atoms. The van der Waals surface area contributed by atoms with Crippen molar-refractivity contribution in [3.63, 3.8) is 0 Å². The number of rotatable bonds is 4. The van der Waals surface area contributed by atoms with Crippen LogP contribution in [0.3, 0.4) is 0 Å². The van der Waals surface area contributed by atoms with E-state index in [0.29, 0.717) is 13.0 Å². The van der Waals surface area contributed by atoms with Crippen molar-refractivity contribution in [3.05, 3.63) is 0 Å². The Bertz CT molecular complexity index is 79.3. The van der Waals surface area contributed by atoms with Crippen molar-refractivity contribution in [3.8, 4) is 0 Å². The van der Waals surface area contributed by atoms with Gasteiger partial charge in [0.15, 0.2) is 0 Å². The lowest BCUT2D eigenvalue weighted by atomic mass is 10.3. The molecular weight excluding hydrogens is 128 g/mol. The monoisotopic (exact) mass is 146 g/mol. The van der Waals surface area contributed by atoms with Gasteiger partial charge in [0.2, 0.25) is 0 Å². The molecule has 0 heterocycles. The van der Waals surface area contributed by atoms with E-state index >= 15 is 0 Å². The van der Waals surface area contributed by atoms with E-state index in [-0.39, 0.29) is 13.4 Å². The van der Waals surface area contributed by atoms with Crippen LogP contribution in [-0.4, -0.2) is 12.6 Å². The Kier molecular flexibility index (Phi) is 10.3. The molecule has 62 valence electrons. The maximum atomic E-state index is 10.6. The summed E-state index contributed by atoms with van der Waals surface area (Å²) in [5.74, 6) is -0.0700. The molecule has 0 radical (unpaired) electrons. The zero-order chi connectivity index (χ0) is 7.11. The summed E-state index contributed by atoms with van der Waals surface area (Å²) in [6.45, 7) is 4.52. The fraction of sp³-hybridized carbons (Fsp3) is 0.875. The van der Waals surface area contributed by atoms with Crippen molar-refractivity contribution in [1.29, 1.82) is 0 Å². The zero-order valence-electron chi connectivity index (χ0n) is 6.14. The smallest absolute Gasteiger partial charge is 0.305 e. The molecule has 0 bridgehead atoms. The Morgan fingerprint density at radius 1 is 1.30 bits per heavy atom. The van der Waals surface area contributed by atoms with E-state index in [9.17, 15) is 4.79 Å². The molecule has 2 nitrogen and oxygen atoms in total. The van der Waals surface area contributed by atoms with Crippen LogP contribution in [0.5, 0.6) is 0 Å². The molecule has 0 spiro atoms. The summed E-state index contributed by atoms with van der Waals surface area (Å²) in [5, 5.41) is 0. The van der Waals surface area contributed by atoms with Gasteiger partial charge < -0.3 is 4.74 Å². The number of esters is 1. The lowest BCUT2D eigenvalue weighted by Crippen LogP contribution is -2.03. The molecule has 0 rings (SSSR count). The third kappa shape index (κ3) is 7.47. The molecule has 0 saturated carbocycles. The zero-order valence-corrected chi connectivity index (χ0v) is 6.14. The molecule has 0 aromatic heterocycles. The summed E-state index contributed by atoms with van der Waals surface area (Å²) in [7, 11) is 0. The second-order valence-corrected chi connectivity index (χ2v) is 1.97. The largest absolute Gasteiger partial charge is 0.466 e. The molecule has 0 aliphatic rings. The van der Waals surface area contributed by atoms with Crippen LogP contribution < -0.4 is 0 Å². The second-order valence-electron chi connectivity index (χ2n) is 1.97. The number of ether oxygens (including phenoxy) is 1. The summed E-state index contributed by atoms with van der Waals surface area (Å²) in [5.41, 5.74) is 0. The van der Waals surface area contributed by atoms with Gasteiger partial charge in [-0.3, -0.25) is 4.79 Å². The highest BCUT2D eigenvalue weighted by molar-refractivity contribution is 5.69. The van der Waals surface area contributed by atoms with E-state index < -0.39 is 0 Å². The predicted molar refractivity (Wildman–Crippen MR) is 42.9 cm³/mol. The van der Waals surface area contributed by atoms with Crippen molar-refractivity contribution in [2.24, 2.45) is 0 Å². The molecule has 0 aliphatic carbocycles. The third-order valence-electron chi connectivity index (χ3n) is 0.921. The Morgan fingerprint density at radius 2 is 1.90 bits per heavy atom. The maximum Gasteiger partial charge on any atom is 0.305 e. The van der Waals surface area contributed by atoms with Gasteiger partial charge in [0.1, 0.15) is 0 Å². The van der Waals surface area contributed by atoms with E-state index in [2.05, 4.69) is 0 Å². The van der Waals surface area contributed by atoms with Crippen LogP contribution in [-0.2, 0) is 9.53 Å². The van der Waals surface area contributed by atoms with Crippen LogP contribution in [0.2, 0.25) is 0 Å². The molecule has 0 aromatic carbocycles. The topological polar surface area (TPSA) is 26.3 Å². The first-order chi connectivity index (χ1) is 4.31.